The second-order valence-corrected chi connectivity index (χ2v) is 5.60. The van der Waals surface area contributed by atoms with Crippen molar-refractivity contribution in [1.29, 1.82) is 0 Å². The molecule has 2 atom stereocenters. The van der Waals surface area contributed by atoms with Crippen LogP contribution in [0, 0.1) is 5.92 Å². The van der Waals surface area contributed by atoms with Gasteiger partial charge in [-0.2, -0.15) is 13.2 Å². The van der Waals surface area contributed by atoms with Crippen molar-refractivity contribution in [2.75, 3.05) is 6.54 Å². The lowest BCUT2D eigenvalue weighted by atomic mass is 10.0. The number of fused-ring (bicyclic) bond motifs is 1. The average molecular weight is 273 g/mol. The first-order chi connectivity index (χ1) is 8.98. The summed E-state index contributed by atoms with van der Waals surface area (Å²) < 4.78 is 41.1. The van der Waals surface area contributed by atoms with E-state index in [9.17, 15) is 13.2 Å². The number of hydrogen-bond acceptors (Lipinski definition) is 2. The van der Waals surface area contributed by atoms with E-state index in [1.54, 1.807) is 0 Å². The Labute approximate surface area is 110 Å². The minimum absolute atomic E-state index is 0.0361. The van der Waals surface area contributed by atoms with Gasteiger partial charge < -0.3 is 9.88 Å². The molecular formula is C13H18F3N3. The number of rotatable bonds is 1. The number of nitrogens with one attached hydrogen (secondary N) is 1. The molecule has 19 heavy (non-hydrogen) atoms. The molecule has 1 aliphatic heterocycles. The van der Waals surface area contributed by atoms with Crippen LogP contribution in [-0.2, 0) is 19.1 Å². The number of alkyl halides is 3. The molecule has 1 aromatic heterocycles. The fourth-order valence-corrected chi connectivity index (χ4v) is 3.40. The van der Waals surface area contributed by atoms with Crippen LogP contribution in [-0.4, -0.2) is 16.1 Å². The number of nitrogens with zero attached hydrogens (tertiary/aromatic N) is 2. The van der Waals surface area contributed by atoms with Gasteiger partial charge in [0, 0.05) is 31.2 Å². The van der Waals surface area contributed by atoms with Gasteiger partial charge in [-0.15, -0.1) is 0 Å². The predicted molar refractivity (Wildman–Crippen MR) is 64.7 cm³/mol. The predicted octanol–water partition coefficient (Wildman–Crippen LogP) is 2.91. The van der Waals surface area contributed by atoms with Crippen molar-refractivity contribution in [3.8, 4) is 0 Å². The third kappa shape index (κ3) is 2.16. The molecule has 2 unspecified atom stereocenters. The van der Waals surface area contributed by atoms with Crippen LogP contribution in [0.2, 0.25) is 0 Å². The van der Waals surface area contributed by atoms with E-state index in [0.717, 1.165) is 31.5 Å². The first-order valence-corrected chi connectivity index (χ1v) is 6.86. The summed E-state index contributed by atoms with van der Waals surface area (Å²) in [5.41, 5.74) is 1.38. The maximum absolute atomic E-state index is 13.2. The molecule has 6 heteroatoms. The van der Waals surface area contributed by atoms with E-state index in [-0.39, 0.29) is 6.04 Å². The summed E-state index contributed by atoms with van der Waals surface area (Å²) in [5.74, 6) is -0.394. The molecule has 1 N–H and O–H groups in total. The van der Waals surface area contributed by atoms with Crippen LogP contribution in [0.5, 0.6) is 0 Å². The van der Waals surface area contributed by atoms with Gasteiger partial charge in [0.05, 0.1) is 5.69 Å². The number of hydrogen-bond donors (Lipinski definition) is 1. The summed E-state index contributed by atoms with van der Waals surface area (Å²) in [6.07, 6.45) is -0.872. The highest BCUT2D eigenvalue weighted by molar-refractivity contribution is 5.23. The first-order valence-electron chi connectivity index (χ1n) is 6.86. The Morgan fingerprint density at radius 1 is 1.32 bits per heavy atom. The Bertz CT molecular complexity index is 478. The Morgan fingerprint density at radius 2 is 2.11 bits per heavy atom. The molecule has 0 spiro atoms. The van der Waals surface area contributed by atoms with Gasteiger partial charge in [-0.25, -0.2) is 4.98 Å². The van der Waals surface area contributed by atoms with Gasteiger partial charge in [-0.3, -0.25) is 0 Å². The molecule has 1 fully saturated rings. The first kappa shape index (κ1) is 13.0. The molecule has 0 amide bonds. The van der Waals surface area contributed by atoms with E-state index in [1.807, 2.05) is 6.92 Å². The minimum Gasteiger partial charge on any atom is -0.321 e. The molecule has 106 valence electrons. The number of halogens is 3. The summed E-state index contributed by atoms with van der Waals surface area (Å²) >= 11 is 0. The lowest BCUT2D eigenvalue weighted by Gasteiger charge is -2.25. The fourth-order valence-electron chi connectivity index (χ4n) is 3.40. The van der Waals surface area contributed by atoms with Crippen LogP contribution >= 0.6 is 0 Å². The average Bonchev–Trinajstić information content (AvgIpc) is 2.91. The monoisotopic (exact) mass is 273 g/mol. The highest BCUT2D eigenvalue weighted by atomic mass is 19.4. The summed E-state index contributed by atoms with van der Waals surface area (Å²) in [6.45, 7) is 3.23. The largest absolute Gasteiger partial charge is 0.449 e. The topological polar surface area (TPSA) is 29.9 Å². The molecular weight excluding hydrogens is 255 g/mol. The van der Waals surface area contributed by atoms with E-state index in [4.69, 9.17) is 0 Å². The van der Waals surface area contributed by atoms with Crippen molar-refractivity contribution in [2.45, 2.75) is 51.4 Å². The zero-order valence-corrected chi connectivity index (χ0v) is 10.9. The highest BCUT2D eigenvalue weighted by Crippen LogP contribution is 2.41. The summed E-state index contributed by atoms with van der Waals surface area (Å²) in [7, 11) is 0. The van der Waals surface area contributed by atoms with Gasteiger partial charge in [0.25, 0.3) is 0 Å². The van der Waals surface area contributed by atoms with E-state index in [2.05, 4.69) is 10.3 Å². The van der Waals surface area contributed by atoms with E-state index in [0.29, 0.717) is 24.6 Å². The SMILES string of the molecule is CC1CCCC1n1c(C(F)(F)F)nc2c1CCNC2. The molecule has 0 saturated heterocycles. The van der Waals surface area contributed by atoms with Crippen LogP contribution in [0.1, 0.15) is 49.4 Å². The molecule has 0 aromatic carbocycles. The Balaban J connectivity index is 2.11. The fraction of sp³-hybridized carbons (Fsp3) is 0.769. The lowest BCUT2D eigenvalue weighted by molar-refractivity contribution is -0.148. The smallest absolute Gasteiger partial charge is 0.321 e. The Morgan fingerprint density at radius 3 is 2.74 bits per heavy atom. The molecule has 3 rings (SSSR count). The zero-order valence-electron chi connectivity index (χ0n) is 10.9. The van der Waals surface area contributed by atoms with Gasteiger partial charge >= 0.3 is 6.18 Å². The van der Waals surface area contributed by atoms with Gasteiger partial charge in [-0.05, 0) is 18.8 Å². The Hall–Kier alpha value is -1.04. The molecule has 2 heterocycles. The van der Waals surface area contributed by atoms with Crippen LogP contribution in [0.25, 0.3) is 0 Å². The molecule has 1 aliphatic carbocycles. The van der Waals surface area contributed by atoms with Crippen LogP contribution in [0.3, 0.4) is 0 Å². The second kappa shape index (κ2) is 4.51. The van der Waals surface area contributed by atoms with Gasteiger partial charge in [0.1, 0.15) is 0 Å². The normalized spacial score (nSPS) is 27.6. The molecule has 0 bridgehead atoms. The van der Waals surface area contributed by atoms with E-state index < -0.39 is 12.0 Å². The van der Waals surface area contributed by atoms with Crippen LogP contribution < -0.4 is 5.32 Å². The third-order valence-corrected chi connectivity index (χ3v) is 4.33. The molecule has 2 aliphatic rings. The van der Waals surface area contributed by atoms with Crippen molar-refractivity contribution in [3.05, 3.63) is 17.2 Å². The Kier molecular flexibility index (Phi) is 3.08. The zero-order chi connectivity index (χ0) is 13.6. The lowest BCUT2D eigenvalue weighted by Crippen LogP contribution is -2.27. The highest BCUT2D eigenvalue weighted by Gasteiger charge is 2.42. The van der Waals surface area contributed by atoms with Gasteiger partial charge in [0.2, 0.25) is 5.82 Å². The van der Waals surface area contributed by atoms with Crippen molar-refractivity contribution in [3.63, 3.8) is 0 Å². The van der Waals surface area contributed by atoms with Crippen molar-refractivity contribution in [2.24, 2.45) is 5.92 Å². The van der Waals surface area contributed by atoms with Crippen molar-refractivity contribution in [1.82, 2.24) is 14.9 Å². The molecule has 0 radical (unpaired) electrons. The van der Waals surface area contributed by atoms with Gasteiger partial charge in [0.15, 0.2) is 0 Å². The summed E-state index contributed by atoms with van der Waals surface area (Å²) in [4.78, 5) is 3.88. The van der Waals surface area contributed by atoms with E-state index >= 15 is 0 Å². The quantitative estimate of drug-likeness (QED) is 0.852. The third-order valence-electron chi connectivity index (χ3n) is 4.33. The van der Waals surface area contributed by atoms with Crippen LogP contribution in [0.15, 0.2) is 0 Å². The summed E-state index contributed by atoms with van der Waals surface area (Å²) in [5, 5.41) is 3.09. The van der Waals surface area contributed by atoms with Crippen molar-refractivity contribution >= 4 is 0 Å². The van der Waals surface area contributed by atoms with E-state index in [1.165, 1.54) is 4.57 Å². The van der Waals surface area contributed by atoms with Crippen LogP contribution in [0.4, 0.5) is 13.2 Å². The van der Waals surface area contributed by atoms with Gasteiger partial charge in [-0.1, -0.05) is 13.3 Å². The standard InChI is InChI=1S/C13H18F3N3/c1-8-3-2-4-10(8)19-11-5-6-17-7-9(11)18-12(19)13(14,15)16/h8,10,17H,2-7H2,1H3. The molecule has 1 saturated carbocycles. The second-order valence-electron chi connectivity index (χ2n) is 5.60. The summed E-state index contributed by atoms with van der Waals surface area (Å²) in [6, 6.07) is -0.0361. The maximum atomic E-state index is 13.2. The number of imidazole rings is 1. The minimum atomic E-state index is -4.36. The molecule has 1 aromatic rings. The maximum Gasteiger partial charge on any atom is 0.449 e. The van der Waals surface area contributed by atoms with Crippen molar-refractivity contribution < 1.29 is 13.2 Å². The number of aromatic nitrogens is 2. The molecule has 3 nitrogen and oxygen atoms in total.